The Bertz CT molecular complexity index is 961. The van der Waals surface area contributed by atoms with Crippen LogP contribution in [0.5, 0.6) is 0 Å². The van der Waals surface area contributed by atoms with Crippen LogP contribution in [0.4, 0.5) is 4.39 Å². The molecule has 1 saturated carbocycles. The quantitative estimate of drug-likeness (QED) is 0.239. The highest BCUT2D eigenvalue weighted by molar-refractivity contribution is 14.1. The number of hydrogen-bond donors (Lipinski definition) is 3. The standard InChI is InChI=1S/C25H34ClFIN5O/c1-15-11-20(27)23(30-2)22(15)24(29)32-7-9-33(10-8-32)25(34)18(14-31-13-16-3-4-16)17-5-6-19(26)21(28)12-17/h5-6,12,15-16,18,20,29-31H,3-4,7-11,13-14H2,1-2H3/t15-,18-,20+/m1/s1. The van der Waals surface area contributed by atoms with E-state index in [9.17, 15) is 9.18 Å². The largest absolute Gasteiger partial charge is 0.389 e. The van der Waals surface area contributed by atoms with Crippen LogP contribution < -0.4 is 10.6 Å². The lowest BCUT2D eigenvalue weighted by Gasteiger charge is -2.38. The third-order valence-electron chi connectivity index (χ3n) is 7.21. The van der Waals surface area contributed by atoms with E-state index in [0.717, 1.165) is 27.2 Å². The van der Waals surface area contributed by atoms with Crippen LogP contribution in [0, 0.1) is 20.8 Å². The van der Waals surface area contributed by atoms with Crippen molar-refractivity contribution in [2.75, 3.05) is 46.3 Å². The molecule has 34 heavy (non-hydrogen) atoms. The van der Waals surface area contributed by atoms with Gasteiger partial charge < -0.3 is 20.4 Å². The topological polar surface area (TPSA) is 71.5 Å². The molecule has 0 aromatic heterocycles. The summed E-state index contributed by atoms with van der Waals surface area (Å²) in [4.78, 5) is 17.5. The zero-order valence-corrected chi connectivity index (χ0v) is 22.8. The van der Waals surface area contributed by atoms with Gasteiger partial charge in [0.15, 0.2) is 0 Å². The van der Waals surface area contributed by atoms with Crippen molar-refractivity contribution in [2.45, 2.75) is 38.3 Å². The number of amidine groups is 1. The van der Waals surface area contributed by atoms with Crippen LogP contribution in [0.2, 0.25) is 5.02 Å². The van der Waals surface area contributed by atoms with Gasteiger partial charge >= 0.3 is 0 Å². The molecule has 1 saturated heterocycles. The second kappa shape index (κ2) is 11.1. The molecule has 9 heteroatoms. The van der Waals surface area contributed by atoms with Gasteiger partial charge in [-0.2, -0.15) is 0 Å². The van der Waals surface area contributed by atoms with Crippen LogP contribution in [-0.2, 0) is 4.79 Å². The Morgan fingerprint density at radius 1 is 1.26 bits per heavy atom. The zero-order chi connectivity index (χ0) is 24.4. The molecule has 1 amide bonds. The second-order valence-electron chi connectivity index (χ2n) is 9.67. The summed E-state index contributed by atoms with van der Waals surface area (Å²) in [6.45, 7) is 5.81. The van der Waals surface area contributed by atoms with E-state index in [-0.39, 0.29) is 17.7 Å². The highest BCUT2D eigenvalue weighted by Crippen LogP contribution is 2.34. The predicted molar refractivity (Wildman–Crippen MR) is 143 cm³/mol. The van der Waals surface area contributed by atoms with Gasteiger partial charge in [-0.05, 0) is 77.9 Å². The maximum atomic E-state index is 14.3. The summed E-state index contributed by atoms with van der Waals surface area (Å²) in [6.07, 6.45) is 1.92. The van der Waals surface area contributed by atoms with Crippen molar-refractivity contribution >= 4 is 45.9 Å². The number of carbonyl (C=O) groups excluding carboxylic acids is 1. The number of amides is 1. The van der Waals surface area contributed by atoms with Crippen LogP contribution in [0.1, 0.15) is 37.7 Å². The monoisotopic (exact) mass is 601 g/mol. The molecule has 2 fully saturated rings. The molecule has 0 unspecified atom stereocenters. The van der Waals surface area contributed by atoms with Gasteiger partial charge in [-0.1, -0.05) is 24.6 Å². The molecule has 2 aliphatic carbocycles. The Balaban J connectivity index is 1.42. The lowest BCUT2D eigenvalue weighted by Crippen LogP contribution is -2.52. The summed E-state index contributed by atoms with van der Waals surface area (Å²) in [5.41, 5.74) is 2.29. The van der Waals surface area contributed by atoms with Gasteiger partial charge in [0.05, 0.1) is 16.6 Å². The smallest absolute Gasteiger partial charge is 0.231 e. The molecule has 1 heterocycles. The zero-order valence-electron chi connectivity index (χ0n) is 19.8. The molecule has 0 spiro atoms. The van der Waals surface area contributed by atoms with E-state index in [1.807, 2.05) is 34.9 Å². The number of allylic oxidation sites excluding steroid dienone is 1. The van der Waals surface area contributed by atoms with Gasteiger partial charge in [0.1, 0.15) is 12.0 Å². The van der Waals surface area contributed by atoms with Gasteiger partial charge in [0.2, 0.25) is 5.91 Å². The van der Waals surface area contributed by atoms with Crippen molar-refractivity contribution < 1.29 is 9.18 Å². The van der Waals surface area contributed by atoms with Gasteiger partial charge in [0, 0.05) is 48.9 Å². The fourth-order valence-corrected chi connectivity index (χ4v) is 5.66. The average Bonchev–Trinajstić information content (AvgIpc) is 3.60. The second-order valence-corrected chi connectivity index (χ2v) is 11.2. The van der Waals surface area contributed by atoms with Gasteiger partial charge in [-0.3, -0.25) is 10.2 Å². The van der Waals surface area contributed by atoms with Crippen LogP contribution in [0.25, 0.3) is 0 Å². The number of hydrogen-bond acceptors (Lipinski definition) is 4. The maximum Gasteiger partial charge on any atom is 0.231 e. The molecule has 3 N–H and O–H groups in total. The first-order valence-electron chi connectivity index (χ1n) is 12.1. The Labute approximate surface area is 220 Å². The Kier molecular flexibility index (Phi) is 8.40. The Morgan fingerprint density at radius 2 is 1.94 bits per heavy atom. The third kappa shape index (κ3) is 5.70. The van der Waals surface area contributed by atoms with E-state index < -0.39 is 6.17 Å². The number of carbonyl (C=O) groups is 1. The molecule has 1 aromatic rings. The Morgan fingerprint density at radius 3 is 2.56 bits per heavy atom. The first-order valence-corrected chi connectivity index (χ1v) is 13.6. The number of halogens is 3. The highest BCUT2D eigenvalue weighted by Gasteiger charge is 2.36. The van der Waals surface area contributed by atoms with Gasteiger partial charge in [0.25, 0.3) is 0 Å². The fourth-order valence-electron chi connectivity index (χ4n) is 5.00. The lowest BCUT2D eigenvalue weighted by molar-refractivity contribution is -0.134. The van der Waals surface area contributed by atoms with Crippen LogP contribution in [0.15, 0.2) is 29.5 Å². The first kappa shape index (κ1) is 25.7. The molecule has 0 bridgehead atoms. The van der Waals surface area contributed by atoms with E-state index in [1.54, 1.807) is 7.05 Å². The molecule has 186 valence electrons. The summed E-state index contributed by atoms with van der Waals surface area (Å²) >= 11 is 8.44. The van der Waals surface area contributed by atoms with Crippen molar-refractivity contribution in [1.29, 1.82) is 5.41 Å². The number of alkyl halides is 1. The lowest BCUT2D eigenvalue weighted by atomic mass is 9.96. The molecular weight excluding hydrogens is 568 g/mol. The number of benzene rings is 1. The van der Waals surface area contributed by atoms with Crippen molar-refractivity contribution in [1.82, 2.24) is 20.4 Å². The van der Waals surface area contributed by atoms with Crippen molar-refractivity contribution in [2.24, 2.45) is 11.8 Å². The SMILES string of the molecule is CNC1=C(C(=N)N2CCN(C(=O)[C@H](CNCC3CC3)c3ccc(Cl)c(I)c3)CC2)[C@H](C)C[C@@H]1F. The molecule has 4 rings (SSSR count). The van der Waals surface area contributed by atoms with Gasteiger partial charge in [-0.15, -0.1) is 0 Å². The minimum Gasteiger partial charge on any atom is -0.389 e. The maximum absolute atomic E-state index is 14.3. The summed E-state index contributed by atoms with van der Waals surface area (Å²) in [6, 6.07) is 5.84. The van der Waals surface area contributed by atoms with E-state index in [1.165, 1.54) is 12.8 Å². The van der Waals surface area contributed by atoms with E-state index in [4.69, 9.17) is 17.0 Å². The highest BCUT2D eigenvalue weighted by atomic mass is 127. The minimum absolute atomic E-state index is 0.0129. The van der Waals surface area contributed by atoms with Crippen LogP contribution in [0.3, 0.4) is 0 Å². The predicted octanol–water partition coefficient (Wildman–Crippen LogP) is 4.00. The summed E-state index contributed by atoms with van der Waals surface area (Å²) in [5.74, 6) is 0.990. The molecule has 3 atom stereocenters. The fraction of sp³-hybridized carbons (Fsp3) is 0.600. The molecule has 3 aliphatic rings. The molecule has 0 radical (unpaired) electrons. The van der Waals surface area contributed by atoms with Crippen molar-refractivity contribution in [3.63, 3.8) is 0 Å². The first-order chi connectivity index (χ1) is 16.3. The molecule has 1 aromatic carbocycles. The van der Waals surface area contributed by atoms with E-state index >= 15 is 0 Å². The minimum atomic E-state index is -1.04. The third-order valence-corrected chi connectivity index (χ3v) is 8.75. The van der Waals surface area contributed by atoms with Crippen LogP contribution in [-0.4, -0.2) is 74.0 Å². The molecule has 1 aliphatic heterocycles. The number of piperazine rings is 1. The molecule has 6 nitrogen and oxygen atoms in total. The Hall–Kier alpha value is -1.39. The normalized spacial score (nSPS) is 23.9. The van der Waals surface area contributed by atoms with Crippen molar-refractivity contribution in [3.05, 3.63) is 43.6 Å². The number of rotatable bonds is 8. The van der Waals surface area contributed by atoms with Crippen molar-refractivity contribution in [3.8, 4) is 0 Å². The number of nitrogens with one attached hydrogen (secondary N) is 3. The summed E-state index contributed by atoms with van der Waals surface area (Å²) in [5, 5.41) is 15.9. The number of nitrogens with zero attached hydrogens (tertiary/aromatic N) is 2. The molecular formula is C25H34ClFIN5O. The van der Waals surface area contributed by atoms with E-state index in [2.05, 4.69) is 33.2 Å². The average molecular weight is 602 g/mol. The van der Waals surface area contributed by atoms with E-state index in [0.29, 0.717) is 55.7 Å². The summed E-state index contributed by atoms with van der Waals surface area (Å²) in [7, 11) is 1.72. The van der Waals surface area contributed by atoms with Crippen LogP contribution >= 0.6 is 34.2 Å². The van der Waals surface area contributed by atoms with Gasteiger partial charge in [-0.25, -0.2) is 4.39 Å². The summed E-state index contributed by atoms with van der Waals surface area (Å²) < 4.78 is 15.3.